The number of rotatable bonds is 3. The van der Waals surface area contributed by atoms with E-state index in [0.717, 1.165) is 16.7 Å². The van der Waals surface area contributed by atoms with Crippen LogP contribution in [0.2, 0.25) is 0 Å². The Labute approximate surface area is 120 Å². The van der Waals surface area contributed by atoms with Gasteiger partial charge < -0.3 is 10.2 Å². The Morgan fingerprint density at radius 1 is 1.40 bits per heavy atom. The third-order valence-electron chi connectivity index (χ3n) is 3.05. The monoisotopic (exact) mass is 287 g/mol. The molecule has 2 amide bonds. The fraction of sp³-hybridized carbons (Fsp3) is 0.214. The van der Waals surface area contributed by atoms with E-state index in [1.165, 1.54) is 11.8 Å². The van der Waals surface area contributed by atoms with Gasteiger partial charge in [0.15, 0.2) is 0 Å². The van der Waals surface area contributed by atoms with Crippen LogP contribution < -0.4 is 5.32 Å². The van der Waals surface area contributed by atoms with Crippen LogP contribution in [0.5, 0.6) is 0 Å². The van der Waals surface area contributed by atoms with Crippen LogP contribution in [0, 0.1) is 0 Å². The predicted molar refractivity (Wildman–Crippen MR) is 79.8 cm³/mol. The van der Waals surface area contributed by atoms with Gasteiger partial charge in [0.25, 0.3) is 5.24 Å². The highest BCUT2D eigenvalue weighted by Crippen LogP contribution is 2.18. The highest BCUT2D eigenvalue weighted by molar-refractivity contribution is 8.13. The van der Waals surface area contributed by atoms with Crippen molar-refractivity contribution in [3.8, 4) is 0 Å². The lowest BCUT2D eigenvalue weighted by Gasteiger charge is -2.14. The van der Waals surface area contributed by atoms with E-state index < -0.39 is 0 Å². The van der Waals surface area contributed by atoms with Crippen molar-refractivity contribution in [3.05, 3.63) is 36.5 Å². The smallest absolute Gasteiger partial charge is 0.282 e. The number of pyridine rings is 1. The second kappa shape index (κ2) is 5.50. The van der Waals surface area contributed by atoms with E-state index in [4.69, 9.17) is 0 Å². The zero-order valence-electron chi connectivity index (χ0n) is 10.7. The number of nitrogens with zero attached hydrogens (tertiary/aromatic N) is 2. The molecule has 1 aliphatic rings. The van der Waals surface area contributed by atoms with E-state index >= 15 is 0 Å². The Morgan fingerprint density at radius 3 is 3.05 bits per heavy atom. The van der Waals surface area contributed by atoms with Crippen molar-refractivity contribution in [2.24, 2.45) is 0 Å². The van der Waals surface area contributed by atoms with E-state index in [1.54, 1.807) is 11.1 Å². The minimum Gasteiger partial charge on any atom is -0.323 e. The standard InChI is InChI=1S/C14H13N3O2S/c18-13(9-17-5-6-20-14(17)19)16-11-7-10-3-1-2-4-12(10)15-8-11/h1-4,7-8H,5-6,9H2,(H,16,18). The summed E-state index contributed by atoms with van der Waals surface area (Å²) < 4.78 is 0. The van der Waals surface area contributed by atoms with Crippen LogP contribution in [0.15, 0.2) is 36.5 Å². The molecule has 0 unspecified atom stereocenters. The summed E-state index contributed by atoms with van der Waals surface area (Å²) in [6.07, 6.45) is 1.63. The lowest BCUT2D eigenvalue weighted by Crippen LogP contribution is -2.33. The summed E-state index contributed by atoms with van der Waals surface area (Å²) in [4.78, 5) is 29.2. The first-order valence-electron chi connectivity index (χ1n) is 6.29. The molecule has 2 aromatic rings. The maximum atomic E-state index is 11.9. The third kappa shape index (κ3) is 2.75. The van der Waals surface area contributed by atoms with Crippen molar-refractivity contribution in [1.82, 2.24) is 9.88 Å². The van der Waals surface area contributed by atoms with Crippen molar-refractivity contribution >= 4 is 39.5 Å². The molecule has 5 nitrogen and oxygen atoms in total. The van der Waals surface area contributed by atoms with E-state index in [-0.39, 0.29) is 17.7 Å². The van der Waals surface area contributed by atoms with E-state index in [0.29, 0.717) is 12.2 Å². The zero-order valence-corrected chi connectivity index (χ0v) is 11.5. The normalized spacial score (nSPS) is 14.8. The van der Waals surface area contributed by atoms with Crippen molar-refractivity contribution in [1.29, 1.82) is 0 Å². The molecule has 0 spiro atoms. The number of para-hydroxylation sites is 1. The minimum atomic E-state index is -0.196. The van der Waals surface area contributed by atoms with Gasteiger partial charge in [-0.3, -0.25) is 14.6 Å². The van der Waals surface area contributed by atoms with Crippen molar-refractivity contribution in [3.63, 3.8) is 0 Å². The first-order valence-corrected chi connectivity index (χ1v) is 7.27. The Bertz CT molecular complexity index is 674. The largest absolute Gasteiger partial charge is 0.323 e. The van der Waals surface area contributed by atoms with Gasteiger partial charge in [0.1, 0.15) is 6.54 Å². The van der Waals surface area contributed by atoms with Crippen molar-refractivity contribution < 1.29 is 9.59 Å². The summed E-state index contributed by atoms with van der Waals surface area (Å²) >= 11 is 1.25. The number of aromatic nitrogens is 1. The van der Waals surface area contributed by atoms with Crippen LogP contribution in [-0.4, -0.2) is 39.9 Å². The van der Waals surface area contributed by atoms with Crippen molar-refractivity contribution in [2.45, 2.75) is 0 Å². The first kappa shape index (κ1) is 12.9. The van der Waals surface area contributed by atoms with E-state index in [1.807, 2.05) is 30.3 Å². The van der Waals surface area contributed by atoms with Gasteiger partial charge in [-0.05, 0) is 12.1 Å². The van der Waals surface area contributed by atoms with Crippen LogP contribution in [0.1, 0.15) is 0 Å². The van der Waals surface area contributed by atoms with Crippen LogP contribution in [-0.2, 0) is 4.79 Å². The average molecular weight is 287 g/mol. The number of amides is 2. The number of carbonyl (C=O) groups is 2. The number of carbonyl (C=O) groups excluding carboxylic acids is 2. The maximum absolute atomic E-state index is 11.9. The van der Waals surface area contributed by atoms with Gasteiger partial charge in [0, 0.05) is 17.7 Å². The molecule has 1 aromatic heterocycles. The van der Waals surface area contributed by atoms with Gasteiger partial charge >= 0.3 is 0 Å². The Morgan fingerprint density at radius 2 is 2.25 bits per heavy atom. The molecule has 0 aliphatic carbocycles. The van der Waals surface area contributed by atoms with Crippen LogP contribution in [0.3, 0.4) is 0 Å². The molecule has 1 aromatic carbocycles. The summed E-state index contributed by atoms with van der Waals surface area (Å²) in [7, 11) is 0. The maximum Gasteiger partial charge on any atom is 0.282 e. The van der Waals surface area contributed by atoms with Gasteiger partial charge in [-0.1, -0.05) is 30.0 Å². The second-order valence-electron chi connectivity index (χ2n) is 4.50. The quantitative estimate of drug-likeness (QED) is 0.941. The van der Waals surface area contributed by atoms with Crippen LogP contribution in [0.4, 0.5) is 10.5 Å². The molecule has 0 saturated carbocycles. The minimum absolute atomic E-state index is 0.0308. The number of benzene rings is 1. The molecule has 0 atom stereocenters. The Balaban J connectivity index is 1.69. The highest BCUT2D eigenvalue weighted by atomic mass is 32.2. The van der Waals surface area contributed by atoms with Crippen molar-refractivity contribution in [2.75, 3.05) is 24.2 Å². The Hall–Kier alpha value is -2.08. The number of nitrogens with one attached hydrogen (secondary N) is 1. The lowest BCUT2D eigenvalue weighted by molar-refractivity contribution is -0.116. The summed E-state index contributed by atoms with van der Waals surface area (Å²) in [6.45, 7) is 0.728. The van der Waals surface area contributed by atoms with Gasteiger partial charge in [0.05, 0.1) is 17.4 Å². The summed E-state index contributed by atoms with van der Waals surface area (Å²) in [5.74, 6) is 0.557. The fourth-order valence-corrected chi connectivity index (χ4v) is 2.91. The van der Waals surface area contributed by atoms with Gasteiger partial charge in [-0.2, -0.15) is 0 Å². The molecule has 2 heterocycles. The number of anilines is 1. The molecule has 0 bridgehead atoms. The molecule has 20 heavy (non-hydrogen) atoms. The topological polar surface area (TPSA) is 62.3 Å². The van der Waals surface area contributed by atoms with E-state index in [2.05, 4.69) is 10.3 Å². The molecule has 1 saturated heterocycles. The number of hydrogen-bond donors (Lipinski definition) is 1. The number of hydrogen-bond acceptors (Lipinski definition) is 4. The fourth-order valence-electron chi connectivity index (χ4n) is 2.08. The zero-order chi connectivity index (χ0) is 13.9. The summed E-state index contributed by atoms with van der Waals surface area (Å²) in [5.41, 5.74) is 1.53. The molecule has 102 valence electrons. The summed E-state index contributed by atoms with van der Waals surface area (Å²) in [6, 6.07) is 9.58. The second-order valence-corrected chi connectivity index (χ2v) is 5.55. The van der Waals surface area contributed by atoms with Crippen LogP contribution in [0.25, 0.3) is 10.9 Å². The third-order valence-corrected chi connectivity index (χ3v) is 3.95. The molecule has 1 N–H and O–H groups in total. The molecule has 0 radical (unpaired) electrons. The molecular weight excluding hydrogens is 274 g/mol. The van der Waals surface area contributed by atoms with Crippen LogP contribution >= 0.6 is 11.8 Å². The highest BCUT2D eigenvalue weighted by Gasteiger charge is 2.23. The molecule has 1 fully saturated rings. The SMILES string of the molecule is O=C(CN1CCSC1=O)Nc1cnc2ccccc2c1. The molecule has 3 rings (SSSR count). The Kier molecular flexibility index (Phi) is 3.56. The average Bonchev–Trinajstić information content (AvgIpc) is 2.84. The number of fused-ring (bicyclic) bond motifs is 1. The molecular formula is C14H13N3O2S. The van der Waals surface area contributed by atoms with Gasteiger partial charge in [0.2, 0.25) is 5.91 Å². The van der Waals surface area contributed by atoms with Gasteiger partial charge in [-0.25, -0.2) is 0 Å². The molecule has 1 aliphatic heterocycles. The van der Waals surface area contributed by atoms with Gasteiger partial charge in [-0.15, -0.1) is 0 Å². The predicted octanol–water partition coefficient (Wildman–Crippen LogP) is 2.34. The summed E-state index contributed by atoms with van der Waals surface area (Å²) in [5, 5.41) is 3.72. The van der Waals surface area contributed by atoms with E-state index in [9.17, 15) is 9.59 Å². The first-order chi connectivity index (χ1) is 9.72. The lowest BCUT2D eigenvalue weighted by atomic mass is 10.2. The number of thioether (sulfide) groups is 1. The molecule has 6 heteroatoms.